The molecule has 0 atom stereocenters. The first-order chi connectivity index (χ1) is 8.79. The van der Waals surface area contributed by atoms with Gasteiger partial charge in [-0.05, 0) is 35.8 Å². The third-order valence-electron chi connectivity index (χ3n) is 2.82. The maximum Gasteiger partial charge on any atom is 0.178 e. The molecule has 18 heavy (non-hydrogen) atoms. The van der Waals surface area contributed by atoms with E-state index in [-0.39, 0.29) is 0 Å². The Labute approximate surface area is 113 Å². The van der Waals surface area contributed by atoms with Crippen molar-refractivity contribution in [3.05, 3.63) is 50.9 Å². The predicted octanol–water partition coefficient (Wildman–Crippen LogP) is 3.68. The molecule has 0 aliphatic rings. The molecule has 1 aromatic carbocycles. The zero-order chi connectivity index (χ0) is 12.5. The lowest BCUT2D eigenvalue weighted by Gasteiger charge is -2.02. The molecule has 3 nitrogen and oxygen atoms in total. The Hall–Kier alpha value is -1.90. The van der Waals surface area contributed by atoms with Gasteiger partial charge < -0.3 is 9.55 Å². The Morgan fingerprint density at radius 1 is 1.33 bits per heavy atom. The molecule has 0 amide bonds. The lowest BCUT2D eigenvalue weighted by Crippen LogP contribution is -1.97. The Bertz CT molecular complexity index is 788. The van der Waals surface area contributed by atoms with Crippen LogP contribution in [0.3, 0.4) is 0 Å². The normalized spacial score (nSPS) is 10.6. The lowest BCUT2D eigenvalue weighted by molar-refractivity contribution is 0.823. The van der Waals surface area contributed by atoms with Crippen LogP contribution in [0.15, 0.2) is 35.7 Å². The summed E-state index contributed by atoms with van der Waals surface area (Å²) in [5, 5.41) is 11.1. The fourth-order valence-corrected chi connectivity index (χ4v) is 2.95. The van der Waals surface area contributed by atoms with Crippen LogP contribution in [0.4, 0.5) is 0 Å². The van der Waals surface area contributed by atoms with E-state index in [1.54, 1.807) is 17.4 Å². The molecule has 2 aromatic heterocycles. The summed E-state index contributed by atoms with van der Waals surface area (Å²) >= 11 is 7.04. The van der Waals surface area contributed by atoms with Crippen molar-refractivity contribution in [3.8, 4) is 6.07 Å². The van der Waals surface area contributed by atoms with Crippen LogP contribution < -0.4 is 0 Å². The standard InChI is InChI=1S/C13H9N3S2/c14-7-9-3-1-5-11-12(9)15-13(17)16(11)8-10-4-2-6-18-10/h1-6H,8H2,(H,15,17). The Morgan fingerprint density at radius 3 is 2.94 bits per heavy atom. The maximum atomic E-state index is 9.08. The summed E-state index contributed by atoms with van der Waals surface area (Å²) in [6.45, 7) is 0.741. The number of imidazole rings is 1. The molecule has 2 heterocycles. The van der Waals surface area contributed by atoms with E-state index in [0.29, 0.717) is 10.3 Å². The molecule has 3 rings (SSSR count). The van der Waals surface area contributed by atoms with Crippen molar-refractivity contribution in [2.45, 2.75) is 6.54 Å². The third kappa shape index (κ3) is 1.76. The predicted molar refractivity (Wildman–Crippen MR) is 75.3 cm³/mol. The molecule has 0 aliphatic carbocycles. The molecular weight excluding hydrogens is 262 g/mol. The largest absolute Gasteiger partial charge is 0.329 e. The summed E-state index contributed by atoms with van der Waals surface area (Å²) in [5.74, 6) is 0. The van der Waals surface area contributed by atoms with Crippen LogP contribution in [0.1, 0.15) is 10.4 Å². The van der Waals surface area contributed by atoms with Gasteiger partial charge in [-0.2, -0.15) is 5.26 Å². The second-order valence-corrected chi connectivity index (χ2v) is 5.33. The molecular formula is C13H9N3S2. The highest BCUT2D eigenvalue weighted by Crippen LogP contribution is 2.20. The number of para-hydroxylation sites is 1. The number of thiophene rings is 1. The van der Waals surface area contributed by atoms with Gasteiger partial charge in [0.15, 0.2) is 4.77 Å². The number of H-pyrrole nitrogens is 1. The first-order valence-electron chi connectivity index (χ1n) is 5.43. The third-order valence-corrected chi connectivity index (χ3v) is 4.01. The van der Waals surface area contributed by atoms with E-state index in [9.17, 15) is 0 Å². The maximum absolute atomic E-state index is 9.08. The number of nitrogens with zero attached hydrogens (tertiary/aromatic N) is 2. The molecule has 0 aliphatic heterocycles. The quantitative estimate of drug-likeness (QED) is 0.723. The van der Waals surface area contributed by atoms with Crippen LogP contribution in [0.2, 0.25) is 0 Å². The van der Waals surface area contributed by atoms with Crippen molar-refractivity contribution < 1.29 is 0 Å². The van der Waals surface area contributed by atoms with Gasteiger partial charge in [-0.15, -0.1) is 11.3 Å². The van der Waals surface area contributed by atoms with Gasteiger partial charge in [-0.25, -0.2) is 0 Å². The number of hydrogen-bond donors (Lipinski definition) is 1. The van der Waals surface area contributed by atoms with Crippen LogP contribution >= 0.6 is 23.6 Å². The number of fused-ring (bicyclic) bond motifs is 1. The Kier molecular flexibility index (Phi) is 2.74. The van der Waals surface area contributed by atoms with E-state index < -0.39 is 0 Å². The van der Waals surface area contributed by atoms with E-state index >= 15 is 0 Å². The smallest absolute Gasteiger partial charge is 0.178 e. The Morgan fingerprint density at radius 2 is 2.22 bits per heavy atom. The fourth-order valence-electron chi connectivity index (χ4n) is 1.99. The van der Waals surface area contributed by atoms with Gasteiger partial charge in [-0.1, -0.05) is 12.1 Å². The average Bonchev–Trinajstić information content (AvgIpc) is 2.99. The summed E-state index contributed by atoms with van der Waals surface area (Å²) in [6, 6.07) is 12.0. The molecule has 5 heteroatoms. The van der Waals surface area contributed by atoms with Crippen molar-refractivity contribution in [1.82, 2.24) is 9.55 Å². The monoisotopic (exact) mass is 271 g/mol. The minimum Gasteiger partial charge on any atom is -0.329 e. The highest BCUT2D eigenvalue weighted by atomic mass is 32.1. The SMILES string of the molecule is N#Cc1cccc2c1[nH]c(=S)n2Cc1cccs1. The van der Waals surface area contributed by atoms with Gasteiger partial charge in [0.1, 0.15) is 6.07 Å². The number of hydrogen-bond acceptors (Lipinski definition) is 3. The summed E-state index contributed by atoms with van der Waals surface area (Å²) in [4.78, 5) is 4.36. The lowest BCUT2D eigenvalue weighted by atomic mass is 10.2. The van der Waals surface area contributed by atoms with E-state index in [1.165, 1.54) is 4.88 Å². The molecule has 0 bridgehead atoms. The second kappa shape index (κ2) is 4.41. The molecule has 0 fully saturated rings. The van der Waals surface area contributed by atoms with Gasteiger partial charge >= 0.3 is 0 Å². The summed E-state index contributed by atoms with van der Waals surface area (Å²) in [6.07, 6.45) is 0. The van der Waals surface area contributed by atoms with E-state index in [0.717, 1.165) is 17.6 Å². The van der Waals surface area contributed by atoms with Crippen LogP contribution in [-0.4, -0.2) is 9.55 Å². The molecule has 0 radical (unpaired) electrons. The van der Waals surface area contributed by atoms with Crippen molar-refractivity contribution in [1.29, 1.82) is 5.26 Å². The number of nitrogens with one attached hydrogen (secondary N) is 1. The molecule has 0 saturated carbocycles. The van der Waals surface area contributed by atoms with E-state index in [4.69, 9.17) is 17.5 Å². The first kappa shape index (κ1) is 11.2. The van der Waals surface area contributed by atoms with Gasteiger partial charge in [0.2, 0.25) is 0 Å². The van der Waals surface area contributed by atoms with Crippen molar-refractivity contribution >= 4 is 34.6 Å². The van der Waals surface area contributed by atoms with Crippen molar-refractivity contribution in [3.63, 3.8) is 0 Å². The minimum absolute atomic E-state index is 0.628. The minimum atomic E-state index is 0.628. The summed E-state index contributed by atoms with van der Waals surface area (Å²) < 4.78 is 2.68. The second-order valence-electron chi connectivity index (χ2n) is 3.91. The number of nitriles is 1. The Balaban J connectivity index is 2.21. The van der Waals surface area contributed by atoms with Crippen LogP contribution in [0, 0.1) is 16.1 Å². The van der Waals surface area contributed by atoms with Crippen molar-refractivity contribution in [2.75, 3.05) is 0 Å². The topological polar surface area (TPSA) is 44.5 Å². The highest BCUT2D eigenvalue weighted by molar-refractivity contribution is 7.71. The van der Waals surface area contributed by atoms with Gasteiger partial charge in [-0.3, -0.25) is 0 Å². The number of benzene rings is 1. The number of aromatic amines is 1. The average molecular weight is 271 g/mol. The molecule has 1 N–H and O–H groups in total. The molecule has 0 saturated heterocycles. The molecule has 0 unspecified atom stereocenters. The number of aromatic nitrogens is 2. The van der Waals surface area contributed by atoms with E-state index in [2.05, 4.69) is 22.5 Å². The molecule has 88 valence electrons. The van der Waals surface area contributed by atoms with Crippen molar-refractivity contribution in [2.24, 2.45) is 0 Å². The first-order valence-corrected chi connectivity index (χ1v) is 6.72. The van der Waals surface area contributed by atoms with Crippen LogP contribution in [0.5, 0.6) is 0 Å². The van der Waals surface area contributed by atoms with Gasteiger partial charge in [0.05, 0.1) is 23.1 Å². The summed E-state index contributed by atoms with van der Waals surface area (Å²) in [7, 11) is 0. The fraction of sp³-hybridized carbons (Fsp3) is 0.0769. The van der Waals surface area contributed by atoms with Crippen LogP contribution in [-0.2, 0) is 6.54 Å². The van der Waals surface area contributed by atoms with Gasteiger partial charge in [0, 0.05) is 4.88 Å². The zero-order valence-corrected chi connectivity index (χ0v) is 11.0. The molecule has 0 spiro atoms. The van der Waals surface area contributed by atoms with Gasteiger partial charge in [0.25, 0.3) is 0 Å². The summed E-state index contributed by atoms with van der Waals surface area (Å²) in [5.41, 5.74) is 2.43. The molecule has 3 aromatic rings. The highest BCUT2D eigenvalue weighted by Gasteiger charge is 2.08. The number of rotatable bonds is 2. The van der Waals surface area contributed by atoms with Crippen LogP contribution in [0.25, 0.3) is 11.0 Å². The van der Waals surface area contributed by atoms with E-state index in [1.807, 2.05) is 22.8 Å². The zero-order valence-electron chi connectivity index (χ0n) is 9.38.